The molecule has 1 fully saturated rings. The second-order valence-electron chi connectivity index (χ2n) is 7.78. The molecule has 1 saturated heterocycles. The lowest BCUT2D eigenvalue weighted by atomic mass is 10.1. The summed E-state index contributed by atoms with van der Waals surface area (Å²) in [6, 6.07) is 11.0. The van der Waals surface area contributed by atoms with E-state index in [4.69, 9.17) is 4.74 Å². The van der Waals surface area contributed by atoms with Crippen LogP contribution in [0.5, 0.6) is 5.75 Å². The van der Waals surface area contributed by atoms with E-state index in [0.717, 1.165) is 11.4 Å². The first-order valence-electron chi connectivity index (χ1n) is 9.30. The predicted molar refractivity (Wildman–Crippen MR) is 104 cm³/mol. The predicted octanol–water partition coefficient (Wildman–Crippen LogP) is 2.72. The van der Waals surface area contributed by atoms with Crippen LogP contribution >= 0.6 is 0 Å². The summed E-state index contributed by atoms with van der Waals surface area (Å²) in [5.41, 5.74) is 1.28. The van der Waals surface area contributed by atoms with Gasteiger partial charge in [0.1, 0.15) is 11.4 Å². The number of hydrogen-bond donors (Lipinski definition) is 1. The fourth-order valence-corrected chi connectivity index (χ4v) is 3.11. The molecule has 3 rings (SSSR count). The Morgan fingerprint density at radius 1 is 1.00 bits per heavy atom. The second kappa shape index (κ2) is 7.86. The van der Waals surface area contributed by atoms with E-state index >= 15 is 0 Å². The van der Waals surface area contributed by atoms with E-state index in [1.165, 1.54) is 0 Å². The van der Waals surface area contributed by atoms with Crippen molar-refractivity contribution in [1.29, 1.82) is 0 Å². The minimum absolute atomic E-state index is 0.00576. The average molecular weight is 369 g/mol. The van der Waals surface area contributed by atoms with Gasteiger partial charge >= 0.3 is 0 Å². The van der Waals surface area contributed by atoms with Crippen molar-refractivity contribution in [2.75, 3.05) is 26.2 Å². The first-order chi connectivity index (χ1) is 12.8. The Balaban J connectivity index is 1.53. The van der Waals surface area contributed by atoms with E-state index in [1.807, 2.05) is 56.1 Å². The molecule has 0 saturated carbocycles. The van der Waals surface area contributed by atoms with Gasteiger partial charge in [-0.05, 0) is 57.2 Å². The van der Waals surface area contributed by atoms with Gasteiger partial charge in [0.25, 0.3) is 5.91 Å². The summed E-state index contributed by atoms with van der Waals surface area (Å²) >= 11 is 0. The maximum atomic E-state index is 12.7. The summed E-state index contributed by atoms with van der Waals surface area (Å²) in [5, 5.41) is 0. The Morgan fingerprint density at radius 3 is 2.19 bits per heavy atom. The van der Waals surface area contributed by atoms with Gasteiger partial charge in [-0.25, -0.2) is 0 Å². The summed E-state index contributed by atoms with van der Waals surface area (Å²) in [6.07, 6.45) is 2.19. The summed E-state index contributed by atoms with van der Waals surface area (Å²) in [5.74, 6) is 0.834. The van der Waals surface area contributed by atoms with Crippen molar-refractivity contribution in [3.05, 3.63) is 53.9 Å². The molecule has 0 bridgehead atoms. The standard InChI is InChI=1S/C21H27N3O3/c1-21(2,3)27-18-8-6-16(7-9-18)20(26)24-13-11-23(12-14-24)19(25)15-17-5-4-10-22-17/h4-10,22H,11-15H2,1-3H3. The number of aromatic amines is 1. The molecule has 6 heteroatoms. The van der Waals surface area contributed by atoms with E-state index in [0.29, 0.717) is 38.2 Å². The molecule has 1 aromatic heterocycles. The number of nitrogens with one attached hydrogen (secondary N) is 1. The van der Waals surface area contributed by atoms with Crippen LogP contribution in [-0.2, 0) is 11.2 Å². The number of H-pyrrole nitrogens is 1. The largest absolute Gasteiger partial charge is 0.488 e. The van der Waals surface area contributed by atoms with E-state index < -0.39 is 0 Å². The van der Waals surface area contributed by atoms with Gasteiger partial charge in [-0.1, -0.05) is 0 Å². The average Bonchev–Trinajstić information content (AvgIpc) is 3.13. The first-order valence-corrected chi connectivity index (χ1v) is 9.30. The number of rotatable bonds is 4. The van der Waals surface area contributed by atoms with E-state index in [-0.39, 0.29) is 17.4 Å². The quantitative estimate of drug-likeness (QED) is 0.901. The Labute approximate surface area is 160 Å². The molecule has 144 valence electrons. The monoisotopic (exact) mass is 369 g/mol. The maximum Gasteiger partial charge on any atom is 0.253 e. The zero-order valence-electron chi connectivity index (χ0n) is 16.2. The van der Waals surface area contributed by atoms with Crippen LogP contribution in [-0.4, -0.2) is 58.4 Å². The maximum absolute atomic E-state index is 12.7. The molecular weight excluding hydrogens is 342 g/mol. The fraction of sp³-hybridized carbons (Fsp3) is 0.429. The van der Waals surface area contributed by atoms with Crippen molar-refractivity contribution < 1.29 is 14.3 Å². The van der Waals surface area contributed by atoms with Gasteiger partial charge in [0.15, 0.2) is 0 Å². The van der Waals surface area contributed by atoms with Crippen molar-refractivity contribution in [3.8, 4) is 5.75 Å². The molecule has 0 radical (unpaired) electrons. The van der Waals surface area contributed by atoms with Gasteiger partial charge in [-0.2, -0.15) is 0 Å². The van der Waals surface area contributed by atoms with Crippen LogP contribution in [0.4, 0.5) is 0 Å². The van der Waals surface area contributed by atoms with E-state index in [1.54, 1.807) is 17.0 Å². The van der Waals surface area contributed by atoms with Gasteiger partial charge in [0.2, 0.25) is 5.91 Å². The van der Waals surface area contributed by atoms with Crippen molar-refractivity contribution in [2.24, 2.45) is 0 Å². The van der Waals surface area contributed by atoms with Crippen molar-refractivity contribution in [1.82, 2.24) is 14.8 Å². The number of amides is 2. The zero-order chi connectivity index (χ0) is 19.4. The third kappa shape index (κ3) is 5.12. The molecule has 1 aromatic carbocycles. The highest BCUT2D eigenvalue weighted by molar-refractivity contribution is 5.94. The third-order valence-corrected chi connectivity index (χ3v) is 4.45. The number of benzene rings is 1. The molecule has 2 amide bonds. The van der Waals surface area contributed by atoms with Crippen LogP contribution in [0.2, 0.25) is 0 Å². The molecule has 0 spiro atoms. The number of nitrogens with zero attached hydrogens (tertiary/aromatic N) is 2. The van der Waals surface area contributed by atoms with Gasteiger partial charge < -0.3 is 19.5 Å². The molecule has 1 aliphatic rings. The number of carbonyl (C=O) groups is 2. The van der Waals surface area contributed by atoms with Gasteiger partial charge in [0.05, 0.1) is 6.42 Å². The topological polar surface area (TPSA) is 65.6 Å². The number of carbonyl (C=O) groups excluding carboxylic acids is 2. The van der Waals surface area contributed by atoms with E-state index in [9.17, 15) is 9.59 Å². The normalized spacial score (nSPS) is 14.9. The highest BCUT2D eigenvalue weighted by atomic mass is 16.5. The molecule has 2 aromatic rings. The van der Waals surface area contributed by atoms with Crippen LogP contribution in [0.1, 0.15) is 36.8 Å². The molecular formula is C21H27N3O3. The van der Waals surface area contributed by atoms with Crippen LogP contribution in [0.25, 0.3) is 0 Å². The number of hydrogen-bond acceptors (Lipinski definition) is 3. The van der Waals surface area contributed by atoms with Crippen LogP contribution in [0, 0.1) is 0 Å². The van der Waals surface area contributed by atoms with Crippen molar-refractivity contribution >= 4 is 11.8 Å². The Kier molecular flexibility index (Phi) is 5.54. The van der Waals surface area contributed by atoms with Crippen LogP contribution in [0.15, 0.2) is 42.6 Å². The molecule has 0 atom stereocenters. The highest BCUT2D eigenvalue weighted by Gasteiger charge is 2.25. The summed E-state index contributed by atoms with van der Waals surface area (Å²) in [7, 11) is 0. The SMILES string of the molecule is CC(C)(C)Oc1ccc(C(=O)N2CCN(C(=O)Cc3ccc[nH]3)CC2)cc1. The molecule has 2 heterocycles. The smallest absolute Gasteiger partial charge is 0.253 e. The molecule has 1 aliphatic heterocycles. The van der Waals surface area contributed by atoms with Gasteiger partial charge in [-0.3, -0.25) is 9.59 Å². The Morgan fingerprint density at radius 2 is 1.63 bits per heavy atom. The minimum Gasteiger partial charge on any atom is -0.488 e. The Hall–Kier alpha value is -2.76. The third-order valence-electron chi connectivity index (χ3n) is 4.45. The summed E-state index contributed by atoms with van der Waals surface area (Å²) in [6.45, 7) is 8.20. The number of aromatic nitrogens is 1. The first kappa shape index (κ1) is 19.0. The molecule has 0 aliphatic carbocycles. The molecule has 1 N–H and O–H groups in total. The minimum atomic E-state index is -0.269. The summed E-state index contributed by atoms with van der Waals surface area (Å²) in [4.78, 5) is 31.7. The van der Waals surface area contributed by atoms with Crippen LogP contribution < -0.4 is 4.74 Å². The second-order valence-corrected chi connectivity index (χ2v) is 7.78. The highest BCUT2D eigenvalue weighted by Crippen LogP contribution is 2.19. The van der Waals surface area contributed by atoms with Crippen LogP contribution in [0.3, 0.4) is 0 Å². The molecule has 0 unspecified atom stereocenters. The number of piperazine rings is 1. The van der Waals surface area contributed by atoms with Crippen molar-refractivity contribution in [3.63, 3.8) is 0 Å². The van der Waals surface area contributed by atoms with Gasteiger partial charge in [0, 0.05) is 43.6 Å². The van der Waals surface area contributed by atoms with Crippen molar-refractivity contribution in [2.45, 2.75) is 32.8 Å². The lowest BCUT2D eigenvalue weighted by molar-refractivity contribution is -0.132. The lowest BCUT2D eigenvalue weighted by Gasteiger charge is -2.35. The van der Waals surface area contributed by atoms with E-state index in [2.05, 4.69) is 4.98 Å². The zero-order valence-corrected chi connectivity index (χ0v) is 16.2. The Bertz CT molecular complexity index is 768. The number of ether oxygens (including phenoxy) is 1. The lowest BCUT2D eigenvalue weighted by Crippen LogP contribution is -2.51. The molecule has 27 heavy (non-hydrogen) atoms. The van der Waals surface area contributed by atoms with Gasteiger partial charge in [-0.15, -0.1) is 0 Å². The summed E-state index contributed by atoms with van der Waals surface area (Å²) < 4.78 is 5.79. The molecule has 6 nitrogen and oxygen atoms in total. The fourth-order valence-electron chi connectivity index (χ4n) is 3.11.